The SMILES string of the molecule is CC(NCc1cc(Br)cs1)c1cnc2ccsc2c1. The highest BCUT2D eigenvalue weighted by atomic mass is 79.9. The maximum atomic E-state index is 4.49. The van der Waals surface area contributed by atoms with Crippen LogP contribution in [0.15, 0.2) is 39.6 Å². The van der Waals surface area contributed by atoms with Crippen molar-refractivity contribution in [2.75, 3.05) is 0 Å². The summed E-state index contributed by atoms with van der Waals surface area (Å²) >= 11 is 6.99. The minimum atomic E-state index is 0.305. The Balaban J connectivity index is 1.70. The number of hydrogen-bond acceptors (Lipinski definition) is 4. The summed E-state index contributed by atoms with van der Waals surface area (Å²) in [5.74, 6) is 0. The molecule has 0 bridgehead atoms. The van der Waals surface area contributed by atoms with Crippen LogP contribution in [0, 0.1) is 0 Å². The highest BCUT2D eigenvalue weighted by Crippen LogP contribution is 2.24. The van der Waals surface area contributed by atoms with Gasteiger partial charge in [-0.25, -0.2) is 0 Å². The number of rotatable bonds is 4. The number of halogens is 1. The third-order valence-electron chi connectivity index (χ3n) is 3.03. The highest BCUT2D eigenvalue weighted by molar-refractivity contribution is 9.10. The molecule has 2 nitrogen and oxygen atoms in total. The van der Waals surface area contributed by atoms with Gasteiger partial charge < -0.3 is 5.32 Å². The molecule has 0 aliphatic rings. The molecule has 0 aliphatic heterocycles. The smallest absolute Gasteiger partial charge is 0.0809 e. The van der Waals surface area contributed by atoms with E-state index in [1.165, 1.54) is 15.1 Å². The summed E-state index contributed by atoms with van der Waals surface area (Å²) in [7, 11) is 0. The van der Waals surface area contributed by atoms with Crippen LogP contribution in [0.4, 0.5) is 0 Å². The second-order valence-electron chi connectivity index (χ2n) is 4.41. The predicted molar refractivity (Wildman–Crippen MR) is 86.9 cm³/mol. The monoisotopic (exact) mass is 352 g/mol. The molecular weight excluding hydrogens is 340 g/mol. The van der Waals surface area contributed by atoms with Crippen LogP contribution in [0.25, 0.3) is 10.2 Å². The molecular formula is C14H13BrN2S2. The summed E-state index contributed by atoms with van der Waals surface area (Å²) < 4.78 is 2.41. The molecule has 0 saturated carbocycles. The fraction of sp³-hybridized carbons (Fsp3) is 0.214. The van der Waals surface area contributed by atoms with Crippen LogP contribution in [0.1, 0.15) is 23.4 Å². The van der Waals surface area contributed by atoms with Gasteiger partial charge in [-0.2, -0.15) is 0 Å². The number of aromatic nitrogens is 1. The Morgan fingerprint density at radius 1 is 1.37 bits per heavy atom. The van der Waals surface area contributed by atoms with Crippen LogP contribution in [0.5, 0.6) is 0 Å². The number of thiophene rings is 2. The van der Waals surface area contributed by atoms with E-state index in [2.05, 4.69) is 62.1 Å². The molecule has 0 aromatic carbocycles. The summed E-state index contributed by atoms with van der Waals surface area (Å²) in [6.07, 6.45) is 1.97. The summed E-state index contributed by atoms with van der Waals surface area (Å²) in [5, 5.41) is 7.74. The molecule has 98 valence electrons. The fourth-order valence-electron chi connectivity index (χ4n) is 1.92. The quantitative estimate of drug-likeness (QED) is 0.716. The molecule has 5 heteroatoms. The van der Waals surface area contributed by atoms with Gasteiger partial charge in [0, 0.05) is 33.5 Å². The normalized spacial score (nSPS) is 12.9. The standard InChI is InChI=1S/C14H13BrN2S2/c1-9(16-7-12-5-11(15)8-19-12)10-4-14-13(17-6-10)2-3-18-14/h2-6,8-9,16H,7H2,1H3. The van der Waals surface area contributed by atoms with Crippen LogP contribution < -0.4 is 5.32 Å². The van der Waals surface area contributed by atoms with Crippen LogP contribution >= 0.6 is 38.6 Å². The number of pyridine rings is 1. The average molecular weight is 353 g/mol. The van der Waals surface area contributed by atoms with Gasteiger partial charge in [-0.15, -0.1) is 22.7 Å². The molecule has 0 aliphatic carbocycles. The first kappa shape index (κ1) is 13.2. The first-order chi connectivity index (χ1) is 9.22. The fourth-order valence-corrected chi connectivity index (χ4v) is 4.11. The molecule has 0 radical (unpaired) electrons. The molecule has 0 amide bonds. The van der Waals surface area contributed by atoms with E-state index in [4.69, 9.17) is 0 Å². The Kier molecular flexibility index (Phi) is 3.98. The first-order valence-electron chi connectivity index (χ1n) is 6.02. The lowest BCUT2D eigenvalue weighted by molar-refractivity contribution is 0.578. The van der Waals surface area contributed by atoms with Crippen molar-refractivity contribution in [3.8, 4) is 0 Å². The van der Waals surface area contributed by atoms with Gasteiger partial charge in [-0.05, 0) is 52.0 Å². The Hall–Kier alpha value is -0.750. The van der Waals surface area contributed by atoms with Crippen molar-refractivity contribution >= 4 is 48.8 Å². The number of fused-ring (bicyclic) bond motifs is 1. The first-order valence-corrected chi connectivity index (χ1v) is 8.57. The van der Waals surface area contributed by atoms with Gasteiger partial charge in [-0.3, -0.25) is 4.98 Å². The molecule has 0 saturated heterocycles. The molecule has 19 heavy (non-hydrogen) atoms. The lowest BCUT2D eigenvalue weighted by Crippen LogP contribution is -2.17. The number of nitrogens with zero attached hydrogens (tertiary/aromatic N) is 1. The molecule has 1 atom stereocenters. The molecule has 3 aromatic rings. The third-order valence-corrected chi connectivity index (χ3v) is 5.58. The van der Waals surface area contributed by atoms with Gasteiger partial charge >= 0.3 is 0 Å². The van der Waals surface area contributed by atoms with Crippen LogP contribution in [-0.4, -0.2) is 4.98 Å². The van der Waals surface area contributed by atoms with Crippen molar-refractivity contribution in [1.29, 1.82) is 0 Å². The summed E-state index contributed by atoms with van der Waals surface area (Å²) in [6.45, 7) is 3.07. The van der Waals surface area contributed by atoms with E-state index in [0.29, 0.717) is 6.04 Å². The number of nitrogens with one attached hydrogen (secondary N) is 1. The van der Waals surface area contributed by atoms with Gasteiger partial charge in [0.15, 0.2) is 0 Å². The Labute approximate surface area is 128 Å². The van der Waals surface area contributed by atoms with Crippen LogP contribution in [0.2, 0.25) is 0 Å². The molecule has 1 unspecified atom stereocenters. The van der Waals surface area contributed by atoms with Gasteiger partial charge in [0.1, 0.15) is 0 Å². The van der Waals surface area contributed by atoms with Gasteiger partial charge in [0.2, 0.25) is 0 Å². The molecule has 0 fully saturated rings. The van der Waals surface area contributed by atoms with Crippen molar-refractivity contribution in [2.24, 2.45) is 0 Å². The summed E-state index contributed by atoms with van der Waals surface area (Å²) in [5.41, 5.74) is 2.33. The van der Waals surface area contributed by atoms with E-state index in [1.54, 1.807) is 22.7 Å². The van der Waals surface area contributed by atoms with Gasteiger partial charge in [0.25, 0.3) is 0 Å². The Morgan fingerprint density at radius 3 is 3.05 bits per heavy atom. The molecule has 3 heterocycles. The van der Waals surface area contributed by atoms with E-state index in [1.807, 2.05) is 6.20 Å². The maximum Gasteiger partial charge on any atom is 0.0809 e. The largest absolute Gasteiger partial charge is 0.305 e. The zero-order valence-electron chi connectivity index (χ0n) is 10.4. The van der Waals surface area contributed by atoms with Gasteiger partial charge in [0.05, 0.1) is 10.2 Å². The van der Waals surface area contributed by atoms with E-state index in [9.17, 15) is 0 Å². The van der Waals surface area contributed by atoms with Crippen molar-refractivity contribution in [3.63, 3.8) is 0 Å². The zero-order chi connectivity index (χ0) is 13.2. The Morgan fingerprint density at radius 2 is 2.26 bits per heavy atom. The minimum Gasteiger partial charge on any atom is -0.305 e. The topological polar surface area (TPSA) is 24.9 Å². The van der Waals surface area contributed by atoms with E-state index < -0.39 is 0 Å². The van der Waals surface area contributed by atoms with Crippen molar-refractivity contribution < 1.29 is 0 Å². The van der Waals surface area contributed by atoms with E-state index in [0.717, 1.165) is 16.5 Å². The second-order valence-corrected chi connectivity index (χ2v) is 7.27. The highest BCUT2D eigenvalue weighted by Gasteiger charge is 2.08. The van der Waals surface area contributed by atoms with Crippen LogP contribution in [-0.2, 0) is 6.54 Å². The molecule has 0 spiro atoms. The lowest BCUT2D eigenvalue weighted by atomic mass is 10.1. The predicted octanol–water partition coefficient (Wildman–Crippen LogP) is 4.97. The van der Waals surface area contributed by atoms with Crippen molar-refractivity contribution in [2.45, 2.75) is 19.5 Å². The Bertz CT molecular complexity index is 689. The summed E-state index contributed by atoms with van der Waals surface area (Å²) in [6, 6.07) is 6.76. The molecule has 3 rings (SSSR count). The van der Waals surface area contributed by atoms with Gasteiger partial charge in [-0.1, -0.05) is 0 Å². The van der Waals surface area contributed by atoms with E-state index >= 15 is 0 Å². The maximum absolute atomic E-state index is 4.49. The average Bonchev–Trinajstić information content (AvgIpc) is 3.03. The summed E-state index contributed by atoms with van der Waals surface area (Å²) in [4.78, 5) is 5.82. The molecule has 3 aromatic heterocycles. The minimum absolute atomic E-state index is 0.305. The van der Waals surface area contributed by atoms with Crippen molar-refractivity contribution in [1.82, 2.24) is 10.3 Å². The molecule has 1 N–H and O–H groups in total. The van der Waals surface area contributed by atoms with Crippen molar-refractivity contribution in [3.05, 3.63) is 50.1 Å². The third kappa shape index (κ3) is 3.05. The second kappa shape index (κ2) is 5.71. The zero-order valence-corrected chi connectivity index (χ0v) is 13.6. The lowest BCUT2D eigenvalue weighted by Gasteiger charge is -2.13. The van der Waals surface area contributed by atoms with Crippen LogP contribution in [0.3, 0.4) is 0 Å². The van der Waals surface area contributed by atoms with E-state index in [-0.39, 0.29) is 0 Å². The number of hydrogen-bond donors (Lipinski definition) is 1.